The smallest absolute Gasteiger partial charge is 0.261 e. The molecule has 29 heavy (non-hydrogen) atoms. The molecular weight excluding hydrogens is 380 g/mol. The van der Waals surface area contributed by atoms with E-state index in [2.05, 4.69) is 43.1 Å². The van der Waals surface area contributed by atoms with E-state index in [0.29, 0.717) is 18.1 Å². The molecule has 2 aromatic rings. The van der Waals surface area contributed by atoms with Crippen molar-refractivity contribution in [3.63, 3.8) is 0 Å². The SMILES string of the molecule is COc1ccc(C(C)N2C3CCC2CC(NC(=O)c2ccc(C)s2)C3)c(C)c1C. The lowest BCUT2D eigenvalue weighted by Gasteiger charge is -2.43. The number of amides is 1. The number of piperidine rings is 1. The normalized spacial score (nSPS) is 25.1. The number of benzene rings is 1. The van der Waals surface area contributed by atoms with Crippen molar-refractivity contribution in [3.8, 4) is 5.75 Å². The molecule has 1 N–H and O–H groups in total. The zero-order valence-corrected chi connectivity index (χ0v) is 18.9. The number of carbonyl (C=O) groups is 1. The predicted octanol–water partition coefficient (Wildman–Crippen LogP) is 5.17. The highest BCUT2D eigenvalue weighted by molar-refractivity contribution is 7.13. The maximum atomic E-state index is 12.6. The number of fused-ring (bicyclic) bond motifs is 2. The Balaban J connectivity index is 1.47. The number of nitrogens with one attached hydrogen (secondary N) is 1. The minimum Gasteiger partial charge on any atom is -0.496 e. The van der Waals surface area contributed by atoms with Gasteiger partial charge in [0.2, 0.25) is 0 Å². The van der Waals surface area contributed by atoms with Crippen LogP contribution in [0, 0.1) is 20.8 Å². The molecule has 0 spiro atoms. The third-order valence-electron chi connectivity index (χ3n) is 6.99. The zero-order valence-electron chi connectivity index (χ0n) is 18.1. The number of hydrogen-bond donors (Lipinski definition) is 1. The average molecular weight is 413 g/mol. The number of hydrogen-bond acceptors (Lipinski definition) is 4. The topological polar surface area (TPSA) is 41.6 Å². The van der Waals surface area contributed by atoms with Crippen molar-refractivity contribution >= 4 is 17.2 Å². The first-order valence-corrected chi connectivity index (χ1v) is 11.5. The number of aryl methyl sites for hydroxylation is 1. The molecule has 1 aromatic carbocycles. The molecule has 2 aliphatic rings. The molecule has 2 fully saturated rings. The molecule has 1 aromatic heterocycles. The Labute approximate surface area is 178 Å². The summed E-state index contributed by atoms with van der Waals surface area (Å²) in [5, 5.41) is 3.31. The van der Waals surface area contributed by atoms with Crippen LogP contribution in [0.25, 0.3) is 0 Å². The van der Waals surface area contributed by atoms with Crippen molar-refractivity contribution in [2.75, 3.05) is 7.11 Å². The van der Waals surface area contributed by atoms with Crippen LogP contribution >= 0.6 is 11.3 Å². The Kier molecular flexibility index (Phi) is 5.71. The van der Waals surface area contributed by atoms with E-state index in [1.165, 1.54) is 34.4 Å². The number of ether oxygens (including phenoxy) is 1. The third-order valence-corrected chi connectivity index (χ3v) is 7.98. The van der Waals surface area contributed by atoms with Gasteiger partial charge in [0.15, 0.2) is 0 Å². The highest BCUT2D eigenvalue weighted by Gasteiger charge is 2.43. The van der Waals surface area contributed by atoms with Crippen LogP contribution in [-0.2, 0) is 0 Å². The number of nitrogens with zero attached hydrogens (tertiary/aromatic N) is 1. The molecule has 3 atom stereocenters. The van der Waals surface area contributed by atoms with Gasteiger partial charge in [-0.25, -0.2) is 0 Å². The number of carbonyl (C=O) groups excluding carboxylic acids is 1. The highest BCUT2D eigenvalue weighted by Crippen LogP contribution is 2.43. The summed E-state index contributed by atoms with van der Waals surface area (Å²) in [6, 6.07) is 10.0. The largest absolute Gasteiger partial charge is 0.496 e. The first-order chi connectivity index (χ1) is 13.9. The third kappa shape index (κ3) is 3.82. The Morgan fingerprint density at radius 3 is 2.38 bits per heavy atom. The summed E-state index contributed by atoms with van der Waals surface area (Å²) in [5.74, 6) is 1.06. The summed E-state index contributed by atoms with van der Waals surface area (Å²) in [6.07, 6.45) is 4.55. The van der Waals surface area contributed by atoms with Crippen molar-refractivity contribution in [1.82, 2.24) is 10.2 Å². The van der Waals surface area contributed by atoms with Gasteiger partial charge in [0.1, 0.15) is 5.75 Å². The molecule has 0 radical (unpaired) electrons. The van der Waals surface area contributed by atoms with E-state index in [1.54, 1.807) is 18.4 Å². The van der Waals surface area contributed by atoms with Crippen molar-refractivity contribution in [2.24, 2.45) is 0 Å². The standard InChI is InChI=1S/C24H32N2O2S/c1-14-6-11-23(29-14)24(27)25-18-12-19-7-8-20(13-18)26(19)17(4)21-9-10-22(28-5)16(3)15(21)2/h6,9-11,17-20H,7-8,12-13H2,1-5H3,(H,25,27). The minimum atomic E-state index is 0.0932. The maximum Gasteiger partial charge on any atom is 0.261 e. The number of thiophene rings is 1. The van der Waals surface area contributed by atoms with Crippen molar-refractivity contribution in [3.05, 3.63) is 50.7 Å². The lowest BCUT2D eigenvalue weighted by molar-refractivity contribution is 0.0691. The van der Waals surface area contributed by atoms with Crippen LogP contribution in [0.1, 0.15) is 69.9 Å². The van der Waals surface area contributed by atoms with Gasteiger partial charge in [-0.15, -0.1) is 11.3 Å². The molecule has 3 heterocycles. The lowest BCUT2D eigenvalue weighted by Crippen LogP contribution is -2.51. The summed E-state index contributed by atoms with van der Waals surface area (Å²) in [4.78, 5) is 17.3. The first kappa shape index (κ1) is 20.4. The molecule has 5 heteroatoms. The van der Waals surface area contributed by atoms with Crippen molar-refractivity contribution < 1.29 is 9.53 Å². The van der Waals surface area contributed by atoms with Gasteiger partial charge in [0.05, 0.1) is 12.0 Å². The van der Waals surface area contributed by atoms with Gasteiger partial charge in [-0.2, -0.15) is 0 Å². The first-order valence-electron chi connectivity index (χ1n) is 10.7. The second kappa shape index (κ2) is 8.11. The fraction of sp³-hybridized carbons (Fsp3) is 0.542. The van der Waals surface area contributed by atoms with Gasteiger partial charge in [-0.05, 0) is 88.3 Å². The van der Waals surface area contributed by atoms with Crippen LogP contribution in [-0.4, -0.2) is 36.0 Å². The monoisotopic (exact) mass is 412 g/mol. The van der Waals surface area contributed by atoms with Crippen molar-refractivity contribution in [1.29, 1.82) is 0 Å². The van der Waals surface area contributed by atoms with E-state index in [9.17, 15) is 4.79 Å². The molecule has 3 unspecified atom stereocenters. The highest BCUT2D eigenvalue weighted by atomic mass is 32.1. The molecule has 4 nitrogen and oxygen atoms in total. The molecule has 2 aliphatic heterocycles. The van der Waals surface area contributed by atoms with E-state index >= 15 is 0 Å². The van der Waals surface area contributed by atoms with Gasteiger partial charge in [0, 0.05) is 29.0 Å². The zero-order chi connectivity index (χ0) is 20.7. The van der Waals surface area contributed by atoms with Gasteiger partial charge < -0.3 is 10.1 Å². The lowest BCUT2D eigenvalue weighted by atomic mass is 9.91. The molecule has 156 valence electrons. The number of rotatable bonds is 5. The molecule has 0 aliphatic carbocycles. The summed E-state index contributed by atoms with van der Waals surface area (Å²) >= 11 is 1.58. The van der Waals surface area contributed by atoms with Gasteiger partial charge in [-0.1, -0.05) is 6.07 Å². The van der Waals surface area contributed by atoms with Crippen LogP contribution in [0.4, 0.5) is 0 Å². The minimum absolute atomic E-state index is 0.0932. The number of methoxy groups -OCH3 is 1. The molecule has 1 amide bonds. The van der Waals surface area contributed by atoms with Crippen LogP contribution in [0.15, 0.2) is 24.3 Å². The van der Waals surface area contributed by atoms with Gasteiger partial charge in [0.25, 0.3) is 5.91 Å². The Hall–Kier alpha value is -1.85. The van der Waals surface area contributed by atoms with E-state index < -0.39 is 0 Å². The Morgan fingerprint density at radius 2 is 1.79 bits per heavy atom. The average Bonchev–Trinajstić information content (AvgIpc) is 3.24. The maximum absolute atomic E-state index is 12.6. The van der Waals surface area contributed by atoms with E-state index in [4.69, 9.17) is 4.74 Å². The Morgan fingerprint density at radius 1 is 1.10 bits per heavy atom. The van der Waals surface area contributed by atoms with E-state index in [0.717, 1.165) is 23.5 Å². The summed E-state index contributed by atoms with van der Waals surface area (Å²) in [7, 11) is 1.74. The van der Waals surface area contributed by atoms with Gasteiger partial charge >= 0.3 is 0 Å². The van der Waals surface area contributed by atoms with Crippen LogP contribution < -0.4 is 10.1 Å². The molecule has 4 rings (SSSR count). The molecule has 2 bridgehead atoms. The molecular formula is C24H32N2O2S. The quantitative estimate of drug-likeness (QED) is 0.737. The predicted molar refractivity (Wildman–Crippen MR) is 119 cm³/mol. The molecule has 0 saturated carbocycles. The van der Waals surface area contributed by atoms with Crippen molar-refractivity contribution in [2.45, 2.75) is 77.5 Å². The second-order valence-corrected chi connectivity index (χ2v) is 9.96. The Bertz CT molecular complexity index is 892. The van der Waals surface area contributed by atoms with Gasteiger partial charge in [-0.3, -0.25) is 9.69 Å². The van der Waals surface area contributed by atoms with Crippen LogP contribution in [0.5, 0.6) is 5.75 Å². The fourth-order valence-electron chi connectivity index (χ4n) is 5.43. The fourth-order valence-corrected chi connectivity index (χ4v) is 6.20. The second-order valence-electron chi connectivity index (χ2n) is 8.67. The molecule has 2 saturated heterocycles. The van der Waals surface area contributed by atoms with E-state index in [-0.39, 0.29) is 11.9 Å². The summed E-state index contributed by atoms with van der Waals surface area (Å²) < 4.78 is 5.50. The summed E-state index contributed by atoms with van der Waals surface area (Å²) in [5.41, 5.74) is 3.97. The van der Waals surface area contributed by atoms with Crippen LogP contribution in [0.3, 0.4) is 0 Å². The summed E-state index contributed by atoms with van der Waals surface area (Å²) in [6.45, 7) is 8.74. The van der Waals surface area contributed by atoms with Crippen LogP contribution in [0.2, 0.25) is 0 Å². The van der Waals surface area contributed by atoms with E-state index in [1.807, 2.05) is 19.1 Å².